The van der Waals surface area contributed by atoms with Crippen LogP contribution in [0.3, 0.4) is 0 Å². The van der Waals surface area contributed by atoms with E-state index in [0.717, 1.165) is 81.3 Å². The number of aryl methyl sites for hydroxylation is 3. The molecule has 2 saturated heterocycles. The maximum Gasteiger partial charge on any atom is 0.317 e. The number of hydrogen-bond donors (Lipinski definition) is 3. The van der Waals surface area contributed by atoms with Gasteiger partial charge >= 0.3 is 6.03 Å². The summed E-state index contributed by atoms with van der Waals surface area (Å²) in [5, 5.41) is 17.2. The Balaban J connectivity index is 0.000000331. The van der Waals surface area contributed by atoms with Gasteiger partial charge in [-0.05, 0) is 135 Å². The van der Waals surface area contributed by atoms with Crippen LogP contribution in [0.25, 0.3) is 5.57 Å². The van der Waals surface area contributed by atoms with Gasteiger partial charge in [-0.3, -0.25) is 14.5 Å². The number of rotatable bonds is 9. The molecule has 0 atom stereocenters. The normalized spacial score (nSPS) is 17.4. The van der Waals surface area contributed by atoms with E-state index in [0.29, 0.717) is 79.9 Å². The number of aliphatic imine (C=N–C) groups is 1. The summed E-state index contributed by atoms with van der Waals surface area (Å²) < 4.78 is 31.4. The third-order valence-electron chi connectivity index (χ3n) is 14.8. The Morgan fingerprint density at radius 3 is 2.14 bits per heavy atom. The van der Waals surface area contributed by atoms with Crippen LogP contribution in [0.5, 0.6) is 5.75 Å². The molecule has 71 heavy (non-hydrogen) atoms. The Kier molecular flexibility index (Phi) is 17.4. The van der Waals surface area contributed by atoms with E-state index in [1.54, 1.807) is 31.1 Å². The molecule has 376 valence electrons. The van der Waals surface area contributed by atoms with Crippen molar-refractivity contribution in [3.8, 4) is 5.75 Å². The Labute approximate surface area is 418 Å². The van der Waals surface area contributed by atoms with Crippen LogP contribution in [0.2, 0.25) is 0 Å². The number of aromatic hydroxyl groups is 1. The molecular weight excluding hydrogens is 897 g/mol. The number of nitrogens with two attached hydrogens (primary N) is 1. The van der Waals surface area contributed by atoms with E-state index in [-0.39, 0.29) is 23.5 Å². The SMILES string of the molecule is CN=C/C(=C\N)c1cc2c(cc1C(F)F)N(c1nn(C3CCN(C(=O)CCC4CCN(c5ccccc5)CC4)CC3)c3c1CN(C(=O)NC)CC3)CCC2.Oc1ccc2c(c1)CCCC2.c1ccccc1. The molecule has 5 aliphatic rings. The van der Waals surface area contributed by atoms with Crippen LogP contribution in [0, 0.1) is 5.92 Å². The number of benzene rings is 4. The Morgan fingerprint density at radius 1 is 0.803 bits per heavy atom. The zero-order chi connectivity index (χ0) is 49.7. The van der Waals surface area contributed by atoms with E-state index < -0.39 is 6.43 Å². The number of phenols is 1. The molecule has 1 aromatic heterocycles. The average molecular weight is 968 g/mol. The second-order valence-electron chi connectivity index (χ2n) is 19.3. The Hall–Kier alpha value is -6.70. The highest BCUT2D eigenvalue weighted by atomic mass is 19.3. The maximum atomic E-state index is 14.6. The van der Waals surface area contributed by atoms with Crippen LogP contribution < -0.4 is 20.9 Å². The van der Waals surface area contributed by atoms with Crippen LogP contribution in [0.1, 0.15) is 109 Å². The van der Waals surface area contributed by atoms with Gasteiger partial charge in [0.1, 0.15) is 5.75 Å². The quantitative estimate of drug-likeness (QED) is 0.125. The highest BCUT2D eigenvalue weighted by Crippen LogP contribution is 2.43. The topological polar surface area (TPSA) is 136 Å². The fraction of sp³-hybridized carbons (Fsp3) is 0.439. The standard InChI is InChI=1S/C41H53F2N9O2.C10H12O.C6H6/c1-45-26-30(25-44)33-23-29-7-6-17-51(37(29)24-34(33)39(42)43)40-35-27-50(41(54)46-2)22-16-36(35)52(47-40)32-14-20-49(21-15-32)38(53)11-10-28-12-18-48(19-13-28)31-8-4-3-5-9-31;11-10-6-5-8-3-1-2-4-9(8)7-10;1-2-4-6-5-3-1/h3-5,8-9,23-26,28,32,39H,6-7,10-22,27,44H2,1-2H3,(H,46,54);5-7,11H,1-4H2;1-6H/b30-25+,45-26?;;. The number of para-hydroxylation sites is 1. The van der Waals surface area contributed by atoms with Crippen molar-refractivity contribution in [3.63, 3.8) is 0 Å². The summed E-state index contributed by atoms with van der Waals surface area (Å²) in [5.74, 6) is 1.93. The lowest BCUT2D eigenvalue weighted by Gasteiger charge is -2.35. The molecule has 1 aliphatic carbocycles. The smallest absolute Gasteiger partial charge is 0.317 e. The lowest BCUT2D eigenvalue weighted by atomic mass is 9.91. The first-order valence-electron chi connectivity index (χ1n) is 25.7. The zero-order valence-electron chi connectivity index (χ0n) is 41.5. The van der Waals surface area contributed by atoms with Crippen molar-refractivity contribution in [1.82, 2.24) is 24.9 Å². The van der Waals surface area contributed by atoms with Crippen LogP contribution in [0.15, 0.2) is 108 Å². The number of fused-ring (bicyclic) bond motifs is 3. The van der Waals surface area contributed by atoms with Gasteiger partial charge in [-0.2, -0.15) is 5.10 Å². The van der Waals surface area contributed by atoms with Gasteiger partial charge < -0.3 is 35.8 Å². The molecule has 3 amide bonds. The fourth-order valence-corrected chi connectivity index (χ4v) is 11.0. The highest BCUT2D eigenvalue weighted by Gasteiger charge is 2.36. The van der Waals surface area contributed by atoms with Gasteiger partial charge in [0.25, 0.3) is 6.43 Å². The van der Waals surface area contributed by atoms with Gasteiger partial charge in [-0.25, -0.2) is 13.6 Å². The molecule has 0 unspecified atom stereocenters. The number of anilines is 3. The number of alkyl halides is 2. The molecule has 4 aromatic carbocycles. The summed E-state index contributed by atoms with van der Waals surface area (Å²) in [4.78, 5) is 38.6. The summed E-state index contributed by atoms with van der Waals surface area (Å²) in [6, 6.07) is 31.6. The van der Waals surface area contributed by atoms with Crippen molar-refractivity contribution < 1.29 is 23.5 Å². The number of nitrogens with one attached hydrogen (secondary N) is 1. The first-order valence-corrected chi connectivity index (χ1v) is 25.7. The minimum atomic E-state index is -2.72. The minimum Gasteiger partial charge on any atom is -0.508 e. The van der Waals surface area contributed by atoms with Gasteiger partial charge in [-0.1, -0.05) is 60.7 Å². The number of amides is 3. The lowest BCUT2D eigenvalue weighted by Crippen LogP contribution is -2.42. The predicted molar refractivity (Wildman–Crippen MR) is 281 cm³/mol. The van der Waals surface area contributed by atoms with E-state index in [4.69, 9.17) is 10.8 Å². The van der Waals surface area contributed by atoms with Gasteiger partial charge in [-0.15, -0.1) is 0 Å². The molecule has 0 radical (unpaired) electrons. The number of nitrogens with zero attached hydrogens (tertiary/aromatic N) is 7. The van der Waals surface area contributed by atoms with Crippen LogP contribution in [0.4, 0.5) is 30.8 Å². The number of halogens is 2. The number of piperidine rings is 2. The van der Waals surface area contributed by atoms with Crippen LogP contribution in [-0.4, -0.2) is 96.2 Å². The minimum absolute atomic E-state index is 0.0965. The number of likely N-dealkylation sites (tertiary alicyclic amines) is 1. The molecular formula is C57H71F2N9O3. The molecule has 0 saturated carbocycles. The second kappa shape index (κ2) is 24.4. The molecule has 10 rings (SSSR count). The van der Waals surface area contributed by atoms with E-state index in [9.17, 15) is 23.5 Å². The Morgan fingerprint density at radius 2 is 1.48 bits per heavy atom. The second-order valence-corrected chi connectivity index (χ2v) is 19.3. The summed E-state index contributed by atoms with van der Waals surface area (Å²) in [6.07, 6.45) is 12.5. The monoisotopic (exact) mass is 968 g/mol. The van der Waals surface area contributed by atoms with E-state index in [1.165, 1.54) is 48.5 Å². The number of carbonyl (C=O) groups is 2. The zero-order valence-corrected chi connectivity index (χ0v) is 41.5. The van der Waals surface area contributed by atoms with Gasteiger partial charge in [0.15, 0.2) is 5.82 Å². The van der Waals surface area contributed by atoms with Crippen molar-refractivity contribution in [2.75, 3.05) is 63.2 Å². The maximum absolute atomic E-state index is 14.6. The lowest BCUT2D eigenvalue weighted by molar-refractivity contribution is -0.132. The largest absolute Gasteiger partial charge is 0.508 e. The van der Waals surface area contributed by atoms with Crippen molar-refractivity contribution in [2.45, 2.75) is 102 Å². The van der Waals surface area contributed by atoms with Crippen molar-refractivity contribution in [2.24, 2.45) is 16.6 Å². The fourth-order valence-electron chi connectivity index (χ4n) is 11.0. The van der Waals surface area contributed by atoms with Gasteiger partial charge in [0, 0.05) is 112 Å². The first-order chi connectivity index (χ1) is 34.6. The molecule has 2 fully saturated rings. The number of hydrogen-bond acceptors (Lipinski definition) is 8. The molecule has 0 bridgehead atoms. The molecule has 0 spiro atoms. The Bertz CT molecular complexity index is 2580. The molecule has 4 aliphatic heterocycles. The first kappa shape index (κ1) is 50.7. The average Bonchev–Trinajstić information content (AvgIpc) is 3.80. The van der Waals surface area contributed by atoms with Gasteiger partial charge in [0.2, 0.25) is 5.91 Å². The van der Waals surface area contributed by atoms with Crippen LogP contribution >= 0.6 is 0 Å². The molecule has 12 nitrogen and oxygen atoms in total. The number of phenolic OH excluding ortho intramolecular Hbond substituents is 1. The molecule has 5 heterocycles. The van der Waals surface area contributed by atoms with Crippen molar-refractivity contribution in [3.05, 3.63) is 142 Å². The van der Waals surface area contributed by atoms with E-state index >= 15 is 0 Å². The third kappa shape index (κ3) is 12.4. The summed E-state index contributed by atoms with van der Waals surface area (Å²) in [6.45, 7) is 4.97. The van der Waals surface area contributed by atoms with Crippen LogP contribution in [-0.2, 0) is 37.0 Å². The number of carbonyl (C=O) groups excluding carboxylic acids is 2. The number of urea groups is 1. The van der Waals surface area contributed by atoms with E-state index in [1.807, 2.05) is 65.6 Å². The molecule has 4 N–H and O–H groups in total. The number of allylic oxidation sites excluding steroid dienone is 1. The van der Waals surface area contributed by atoms with Crippen molar-refractivity contribution in [1.29, 1.82) is 0 Å². The number of aromatic nitrogens is 2. The summed E-state index contributed by atoms with van der Waals surface area (Å²) in [5.41, 5.74) is 14.3. The highest BCUT2D eigenvalue weighted by molar-refractivity contribution is 6.10. The summed E-state index contributed by atoms with van der Waals surface area (Å²) in [7, 11) is 3.22. The van der Waals surface area contributed by atoms with E-state index in [2.05, 4.69) is 49.1 Å². The predicted octanol–water partition coefficient (Wildman–Crippen LogP) is 10.4. The summed E-state index contributed by atoms with van der Waals surface area (Å²) >= 11 is 0. The molecule has 14 heteroatoms. The third-order valence-corrected chi connectivity index (χ3v) is 14.8. The van der Waals surface area contributed by atoms with Crippen molar-refractivity contribution >= 4 is 40.9 Å². The van der Waals surface area contributed by atoms with Gasteiger partial charge in [0.05, 0.1) is 12.6 Å². The molecule has 5 aromatic rings.